The Balaban J connectivity index is 1.52. The molecule has 1 fully saturated rings. The number of morpholine rings is 1. The molecule has 3 heterocycles. The van der Waals surface area contributed by atoms with E-state index in [2.05, 4.69) is 4.99 Å². The van der Waals surface area contributed by atoms with Crippen molar-refractivity contribution in [3.8, 4) is 17.2 Å². The Bertz CT molecular complexity index is 1750. The Labute approximate surface area is 258 Å². The summed E-state index contributed by atoms with van der Waals surface area (Å²) in [5.41, 5.74) is 1.78. The summed E-state index contributed by atoms with van der Waals surface area (Å²) in [6.45, 7) is 7.87. The lowest BCUT2D eigenvalue weighted by atomic mass is 9.95. The van der Waals surface area contributed by atoms with Gasteiger partial charge >= 0.3 is 5.97 Å². The molecule has 232 valence electrons. The molecule has 1 atom stereocenters. The second-order valence-corrected chi connectivity index (χ2v) is 11.0. The number of hydrogen-bond acceptors (Lipinski definition) is 10. The molecule has 3 aromatic rings. The van der Waals surface area contributed by atoms with Crippen molar-refractivity contribution >= 4 is 29.3 Å². The Morgan fingerprint density at radius 2 is 1.82 bits per heavy atom. The molecule has 2 aromatic carbocycles. The Morgan fingerprint density at radius 3 is 2.55 bits per heavy atom. The number of para-hydroxylation sites is 1. The third-order valence-corrected chi connectivity index (χ3v) is 8.21. The molecule has 1 saturated heterocycles. The van der Waals surface area contributed by atoms with Crippen LogP contribution in [0.15, 0.2) is 63.5 Å². The van der Waals surface area contributed by atoms with E-state index in [1.165, 1.54) is 15.9 Å². The molecule has 2 aliphatic heterocycles. The van der Waals surface area contributed by atoms with Gasteiger partial charge in [-0.1, -0.05) is 35.6 Å². The number of hydrogen-bond donors (Lipinski definition) is 0. The molecule has 5 rings (SSSR count). The molecule has 1 amide bonds. The first kappa shape index (κ1) is 31.0. The summed E-state index contributed by atoms with van der Waals surface area (Å²) in [6, 6.07) is 11.8. The number of thiazole rings is 1. The lowest BCUT2D eigenvalue weighted by Gasteiger charge is -2.26. The SMILES string of the molecule is CCOC(=O)C1=C(C)N=c2s/c(=C/c3ccc(OCC(=O)N4CCOCC4)c(OCC)c3)c(=O)n2[C@H]1c1ccccc1OC. The van der Waals surface area contributed by atoms with Crippen LogP contribution in [0.2, 0.25) is 0 Å². The van der Waals surface area contributed by atoms with Gasteiger partial charge in [0, 0.05) is 18.7 Å². The zero-order valence-electron chi connectivity index (χ0n) is 25.2. The van der Waals surface area contributed by atoms with Crippen molar-refractivity contribution in [3.63, 3.8) is 0 Å². The van der Waals surface area contributed by atoms with Gasteiger partial charge in [-0.2, -0.15) is 0 Å². The van der Waals surface area contributed by atoms with Gasteiger partial charge in [0.15, 0.2) is 22.9 Å². The molecule has 0 radical (unpaired) electrons. The topological polar surface area (TPSA) is 118 Å². The Hall–Kier alpha value is -4.42. The minimum Gasteiger partial charge on any atom is -0.496 e. The number of methoxy groups -OCH3 is 1. The molecule has 1 aromatic heterocycles. The first-order chi connectivity index (χ1) is 21.4. The number of carbonyl (C=O) groups excluding carboxylic acids is 2. The van der Waals surface area contributed by atoms with Crippen molar-refractivity contribution in [1.29, 1.82) is 0 Å². The molecule has 0 saturated carbocycles. The fraction of sp³-hybridized carbons (Fsp3) is 0.375. The zero-order valence-corrected chi connectivity index (χ0v) is 26.0. The highest BCUT2D eigenvalue weighted by Gasteiger charge is 2.35. The molecule has 0 spiro atoms. The number of aromatic nitrogens is 1. The molecule has 0 unspecified atom stereocenters. The number of carbonyl (C=O) groups is 2. The summed E-state index contributed by atoms with van der Waals surface area (Å²) in [7, 11) is 1.55. The van der Waals surface area contributed by atoms with Gasteiger partial charge in [0.05, 0.1) is 49.3 Å². The quantitative estimate of drug-likeness (QED) is 0.317. The summed E-state index contributed by atoms with van der Waals surface area (Å²) < 4.78 is 29.9. The van der Waals surface area contributed by atoms with E-state index in [1.54, 1.807) is 56.2 Å². The molecular formula is C32H35N3O8S. The second-order valence-electron chi connectivity index (χ2n) is 9.97. The highest BCUT2D eigenvalue weighted by atomic mass is 32.1. The van der Waals surface area contributed by atoms with Crippen LogP contribution < -0.4 is 29.1 Å². The Kier molecular flexibility index (Phi) is 9.81. The maximum atomic E-state index is 14.0. The van der Waals surface area contributed by atoms with Crippen molar-refractivity contribution in [2.45, 2.75) is 26.8 Å². The number of rotatable bonds is 10. The zero-order chi connectivity index (χ0) is 31.2. The highest BCUT2D eigenvalue weighted by Crippen LogP contribution is 2.35. The first-order valence-electron chi connectivity index (χ1n) is 14.4. The first-order valence-corrected chi connectivity index (χ1v) is 15.3. The van der Waals surface area contributed by atoms with E-state index in [-0.39, 0.29) is 30.3 Å². The van der Waals surface area contributed by atoms with Crippen LogP contribution in [0, 0.1) is 0 Å². The molecule has 0 bridgehead atoms. The molecule has 2 aliphatic rings. The molecule has 44 heavy (non-hydrogen) atoms. The van der Waals surface area contributed by atoms with Crippen molar-refractivity contribution in [1.82, 2.24) is 9.47 Å². The maximum absolute atomic E-state index is 14.0. The number of nitrogens with zero attached hydrogens (tertiary/aromatic N) is 3. The van der Waals surface area contributed by atoms with Gasteiger partial charge in [0.1, 0.15) is 11.8 Å². The second kappa shape index (κ2) is 13.9. The fourth-order valence-electron chi connectivity index (χ4n) is 5.17. The van der Waals surface area contributed by atoms with Crippen LogP contribution in [0.4, 0.5) is 0 Å². The third kappa shape index (κ3) is 6.41. The minimum absolute atomic E-state index is 0.122. The predicted octanol–water partition coefficient (Wildman–Crippen LogP) is 2.44. The number of fused-ring (bicyclic) bond motifs is 1. The van der Waals surface area contributed by atoms with Crippen LogP contribution in [0.5, 0.6) is 17.2 Å². The number of esters is 1. The molecule has 11 nitrogen and oxygen atoms in total. The van der Waals surface area contributed by atoms with Crippen LogP contribution in [0.25, 0.3) is 6.08 Å². The molecule has 12 heteroatoms. The van der Waals surface area contributed by atoms with Crippen LogP contribution in [0.3, 0.4) is 0 Å². The number of ether oxygens (including phenoxy) is 5. The van der Waals surface area contributed by atoms with E-state index in [4.69, 9.17) is 23.7 Å². The smallest absolute Gasteiger partial charge is 0.338 e. The van der Waals surface area contributed by atoms with Crippen LogP contribution in [-0.2, 0) is 19.1 Å². The van der Waals surface area contributed by atoms with Crippen molar-refractivity contribution in [2.75, 3.05) is 53.2 Å². The van der Waals surface area contributed by atoms with Gasteiger partial charge in [-0.25, -0.2) is 9.79 Å². The van der Waals surface area contributed by atoms with Crippen molar-refractivity contribution in [2.24, 2.45) is 4.99 Å². The molecule has 0 N–H and O–H groups in total. The number of allylic oxidation sites excluding steroid dienone is 1. The van der Waals surface area contributed by atoms with Crippen molar-refractivity contribution < 1.29 is 33.3 Å². The van der Waals surface area contributed by atoms with E-state index < -0.39 is 12.0 Å². The summed E-state index contributed by atoms with van der Waals surface area (Å²) in [5.74, 6) is 0.757. The average Bonchev–Trinajstić information content (AvgIpc) is 3.34. The fourth-order valence-corrected chi connectivity index (χ4v) is 6.22. The summed E-state index contributed by atoms with van der Waals surface area (Å²) in [5, 5.41) is 0. The minimum atomic E-state index is -0.789. The van der Waals surface area contributed by atoms with Crippen LogP contribution >= 0.6 is 11.3 Å². The third-order valence-electron chi connectivity index (χ3n) is 7.23. The van der Waals surface area contributed by atoms with Crippen LogP contribution in [-0.4, -0.2) is 74.6 Å². The number of benzene rings is 2. The lowest BCUT2D eigenvalue weighted by molar-refractivity contribution is -0.139. The summed E-state index contributed by atoms with van der Waals surface area (Å²) >= 11 is 1.22. The van der Waals surface area contributed by atoms with Crippen molar-refractivity contribution in [3.05, 3.63) is 84.5 Å². The standard InChI is InChI=1S/C32H35N3O8S/c1-5-41-25-17-21(11-12-24(25)43-19-27(36)34-13-15-40-16-14-34)18-26-30(37)35-29(22-9-7-8-10-23(22)39-4)28(31(38)42-6-2)20(3)33-32(35)44-26/h7-12,17-18,29H,5-6,13-16,19H2,1-4H3/b26-18+/t29-/m0/s1. The van der Waals surface area contributed by atoms with Gasteiger partial charge in [0.25, 0.3) is 11.5 Å². The largest absolute Gasteiger partial charge is 0.496 e. The van der Waals surface area contributed by atoms with E-state index in [0.717, 1.165) is 0 Å². The van der Waals surface area contributed by atoms with Gasteiger partial charge in [0.2, 0.25) is 0 Å². The molecular weight excluding hydrogens is 586 g/mol. The summed E-state index contributed by atoms with van der Waals surface area (Å²) in [4.78, 5) is 46.6. The molecule has 0 aliphatic carbocycles. The van der Waals surface area contributed by atoms with Gasteiger partial charge in [-0.3, -0.25) is 14.2 Å². The van der Waals surface area contributed by atoms with Gasteiger partial charge < -0.3 is 28.6 Å². The van der Waals surface area contributed by atoms with Gasteiger partial charge in [-0.05, 0) is 50.6 Å². The summed E-state index contributed by atoms with van der Waals surface area (Å²) in [6.07, 6.45) is 1.75. The van der Waals surface area contributed by atoms with Crippen LogP contribution in [0.1, 0.15) is 37.9 Å². The van der Waals surface area contributed by atoms with E-state index >= 15 is 0 Å². The van der Waals surface area contributed by atoms with E-state index in [1.807, 2.05) is 25.1 Å². The number of amides is 1. The Morgan fingerprint density at radius 1 is 1.05 bits per heavy atom. The maximum Gasteiger partial charge on any atom is 0.338 e. The lowest BCUT2D eigenvalue weighted by Crippen LogP contribution is -2.43. The van der Waals surface area contributed by atoms with Gasteiger partial charge in [-0.15, -0.1) is 0 Å². The average molecular weight is 622 g/mol. The predicted molar refractivity (Wildman–Crippen MR) is 164 cm³/mol. The highest BCUT2D eigenvalue weighted by molar-refractivity contribution is 7.07. The normalized spacial score (nSPS) is 16.7. The van der Waals surface area contributed by atoms with E-state index in [9.17, 15) is 14.4 Å². The monoisotopic (exact) mass is 621 g/mol. The van der Waals surface area contributed by atoms with E-state index in [0.29, 0.717) is 76.3 Å².